The summed E-state index contributed by atoms with van der Waals surface area (Å²) in [6.07, 6.45) is 4.78. The van der Waals surface area contributed by atoms with Gasteiger partial charge in [0.15, 0.2) is 0 Å². The first kappa shape index (κ1) is 16.2. The molecule has 2 aromatic heterocycles. The zero-order valence-electron chi connectivity index (χ0n) is 14.5. The molecule has 0 aliphatic carbocycles. The molecule has 0 unspecified atom stereocenters. The van der Waals surface area contributed by atoms with Gasteiger partial charge in [-0.1, -0.05) is 37.3 Å². The highest BCUT2D eigenvalue weighted by atomic mass is 15.3. The molecule has 0 fully saturated rings. The summed E-state index contributed by atoms with van der Waals surface area (Å²) in [5.41, 5.74) is 4.37. The predicted molar refractivity (Wildman–Crippen MR) is 96.8 cm³/mol. The Hall–Kier alpha value is -2.69. The minimum atomic E-state index is 0.721. The number of rotatable bonds is 6. The van der Waals surface area contributed by atoms with Gasteiger partial charge in [-0.2, -0.15) is 5.10 Å². The van der Waals surface area contributed by atoms with Gasteiger partial charge in [-0.25, -0.2) is 9.97 Å². The number of hydrogen-bond donors (Lipinski definition) is 0. The highest BCUT2D eigenvalue weighted by molar-refractivity contribution is 5.62. The quantitative estimate of drug-likeness (QED) is 0.694. The van der Waals surface area contributed by atoms with Crippen LogP contribution in [0, 0.1) is 6.92 Å². The van der Waals surface area contributed by atoms with Crippen LogP contribution >= 0.6 is 0 Å². The van der Waals surface area contributed by atoms with Crippen molar-refractivity contribution >= 4 is 5.95 Å². The summed E-state index contributed by atoms with van der Waals surface area (Å²) < 4.78 is 2.03. The van der Waals surface area contributed by atoms with Crippen LogP contribution in [0.3, 0.4) is 0 Å². The van der Waals surface area contributed by atoms with Gasteiger partial charge in [0.1, 0.15) is 0 Å². The van der Waals surface area contributed by atoms with E-state index in [0.717, 1.165) is 42.4 Å². The first-order chi connectivity index (χ1) is 11.7. The van der Waals surface area contributed by atoms with Gasteiger partial charge in [0.25, 0.3) is 0 Å². The van der Waals surface area contributed by atoms with E-state index in [2.05, 4.69) is 41.0 Å². The summed E-state index contributed by atoms with van der Waals surface area (Å²) in [4.78, 5) is 11.2. The second kappa shape index (κ2) is 7.25. The second-order valence-corrected chi connectivity index (χ2v) is 5.95. The van der Waals surface area contributed by atoms with Crippen LogP contribution in [0.2, 0.25) is 0 Å². The van der Waals surface area contributed by atoms with Crippen LogP contribution in [-0.2, 0) is 13.1 Å². The van der Waals surface area contributed by atoms with Gasteiger partial charge in [0.05, 0.1) is 11.9 Å². The molecule has 3 rings (SSSR count). The van der Waals surface area contributed by atoms with Crippen LogP contribution in [0.4, 0.5) is 5.95 Å². The van der Waals surface area contributed by atoms with E-state index in [-0.39, 0.29) is 0 Å². The Morgan fingerprint density at radius 2 is 1.92 bits per heavy atom. The summed E-state index contributed by atoms with van der Waals surface area (Å²) in [6.45, 7) is 5.95. The Balaban J connectivity index is 1.84. The summed E-state index contributed by atoms with van der Waals surface area (Å²) >= 11 is 0. The summed E-state index contributed by atoms with van der Waals surface area (Å²) in [7, 11) is 2.01. The van der Waals surface area contributed by atoms with Gasteiger partial charge in [0.2, 0.25) is 5.95 Å². The molecule has 5 heteroatoms. The van der Waals surface area contributed by atoms with E-state index >= 15 is 0 Å². The maximum atomic E-state index is 4.73. The normalized spacial score (nSPS) is 10.8. The van der Waals surface area contributed by atoms with Gasteiger partial charge in [-0.3, -0.25) is 4.68 Å². The first-order valence-electron chi connectivity index (χ1n) is 8.30. The SMILES string of the molecule is CCCn1ncc(-c2ccnc(N(C)Cc3ccccc3)n2)c1C. The highest BCUT2D eigenvalue weighted by Crippen LogP contribution is 2.22. The van der Waals surface area contributed by atoms with Crippen molar-refractivity contribution in [2.45, 2.75) is 33.4 Å². The lowest BCUT2D eigenvalue weighted by Gasteiger charge is -2.17. The lowest BCUT2D eigenvalue weighted by molar-refractivity contribution is 0.587. The molecule has 0 bridgehead atoms. The molecule has 0 N–H and O–H groups in total. The van der Waals surface area contributed by atoms with Crippen LogP contribution < -0.4 is 4.90 Å². The van der Waals surface area contributed by atoms with Crippen molar-refractivity contribution in [2.24, 2.45) is 0 Å². The highest BCUT2D eigenvalue weighted by Gasteiger charge is 2.12. The molecule has 3 aromatic rings. The van der Waals surface area contributed by atoms with Crippen molar-refractivity contribution in [3.05, 3.63) is 60.0 Å². The Labute approximate surface area is 143 Å². The Kier molecular flexibility index (Phi) is 4.89. The zero-order chi connectivity index (χ0) is 16.9. The molecule has 0 spiro atoms. The van der Waals surface area contributed by atoms with Crippen molar-refractivity contribution in [3.8, 4) is 11.3 Å². The van der Waals surface area contributed by atoms with Crippen molar-refractivity contribution < 1.29 is 0 Å². The fourth-order valence-electron chi connectivity index (χ4n) is 2.75. The smallest absolute Gasteiger partial charge is 0.225 e. The largest absolute Gasteiger partial charge is 0.340 e. The molecule has 0 aliphatic rings. The molecule has 0 radical (unpaired) electrons. The molecule has 1 aromatic carbocycles. The minimum Gasteiger partial charge on any atom is -0.340 e. The summed E-state index contributed by atoms with van der Waals surface area (Å²) in [5, 5.41) is 4.47. The summed E-state index contributed by atoms with van der Waals surface area (Å²) in [5.74, 6) is 0.721. The summed E-state index contributed by atoms with van der Waals surface area (Å²) in [6, 6.07) is 12.3. The van der Waals surface area contributed by atoms with E-state index in [9.17, 15) is 0 Å². The standard InChI is InChI=1S/C19H23N5/c1-4-12-24-15(2)17(13-21-24)18-10-11-20-19(22-18)23(3)14-16-8-6-5-7-9-16/h5-11,13H,4,12,14H2,1-3H3. The van der Waals surface area contributed by atoms with Gasteiger partial charge in [-0.15, -0.1) is 0 Å². The fourth-order valence-corrected chi connectivity index (χ4v) is 2.75. The molecule has 0 saturated heterocycles. The monoisotopic (exact) mass is 321 g/mol. The van der Waals surface area contributed by atoms with Crippen LogP contribution in [0.5, 0.6) is 0 Å². The molecular weight excluding hydrogens is 298 g/mol. The molecule has 0 saturated carbocycles. The molecule has 0 amide bonds. The lowest BCUT2D eigenvalue weighted by Crippen LogP contribution is -2.19. The minimum absolute atomic E-state index is 0.721. The topological polar surface area (TPSA) is 46.8 Å². The molecule has 5 nitrogen and oxygen atoms in total. The van der Waals surface area contributed by atoms with Crippen molar-refractivity contribution in [2.75, 3.05) is 11.9 Å². The number of benzene rings is 1. The van der Waals surface area contributed by atoms with E-state index in [1.165, 1.54) is 5.56 Å². The van der Waals surface area contributed by atoms with Gasteiger partial charge >= 0.3 is 0 Å². The van der Waals surface area contributed by atoms with E-state index in [4.69, 9.17) is 4.98 Å². The van der Waals surface area contributed by atoms with Crippen LogP contribution in [0.1, 0.15) is 24.6 Å². The molecule has 24 heavy (non-hydrogen) atoms. The first-order valence-corrected chi connectivity index (χ1v) is 8.30. The average molecular weight is 321 g/mol. The average Bonchev–Trinajstić information content (AvgIpc) is 2.97. The fraction of sp³-hybridized carbons (Fsp3) is 0.316. The maximum Gasteiger partial charge on any atom is 0.225 e. The van der Waals surface area contributed by atoms with E-state index in [0.29, 0.717) is 0 Å². The Morgan fingerprint density at radius 1 is 1.12 bits per heavy atom. The third kappa shape index (κ3) is 3.45. The Bertz CT molecular complexity index is 795. The third-order valence-corrected chi connectivity index (χ3v) is 4.06. The van der Waals surface area contributed by atoms with Gasteiger partial charge in [0, 0.05) is 37.6 Å². The van der Waals surface area contributed by atoms with E-state index in [1.54, 1.807) is 0 Å². The predicted octanol–water partition coefficient (Wildman–Crippen LogP) is 3.69. The van der Waals surface area contributed by atoms with E-state index in [1.807, 2.05) is 48.4 Å². The maximum absolute atomic E-state index is 4.73. The number of anilines is 1. The second-order valence-electron chi connectivity index (χ2n) is 5.95. The number of aromatic nitrogens is 4. The van der Waals surface area contributed by atoms with Crippen molar-refractivity contribution in [1.82, 2.24) is 19.7 Å². The van der Waals surface area contributed by atoms with E-state index < -0.39 is 0 Å². The van der Waals surface area contributed by atoms with Crippen molar-refractivity contribution in [3.63, 3.8) is 0 Å². The molecule has 0 aliphatic heterocycles. The molecule has 0 atom stereocenters. The van der Waals surface area contributed by atoms with Crippen LogP contribution in [0.15, 0.2) is 48.8 Å². The number of aryl methyl sites for hydroxylation is 1. The molecule has 2 heterocycles. The zero-order valence-corrected chi connectivity index (χ0v) is 14.5. The third-order valence-electron chi connectivity index (χ3n) is 4.06. The van der Waals surface area contributed by atoms with Crippen LogP contribution in [0.25, 0.3) is 11.3 Å². The van der Waals surface area contributed by atoms with Crippen molar-refractivity contribution in [1.29, 1.82) is 0 Å². The van der Waals surface area contributed by atoms with Gasteiger partial charge < -0.3 is 4.90 Å². The van der Waals surface area contributed by atoms with Crippen LogP contribution in [-0.4, -0.2) is 26.8 Å². The Morgan fingerprint density at radius 3 is 2.67 bits per heavy atom. The molecular formula is C19H23N5. The molecule has 124 valence electrons. The lowest BCUT2D eigenvalue weighted by atomic mass is 10.2. The number of hydrogen-bond acceptors (Lipinski definition) is 4. The number of nitrogens with zero attached hydrogens (tertiary/aromatic N) is 5. The van der Waals surface area contributed by atoms with Gasteiger partial charge in [-0.05, 0) is 25.0 Å².